The van der Waals surface area contributed by atoms with Crippen molar-refractivity contribution in [3.05, 3.63) is 10.6 Å². The van der Waals surface area contributed by atoms with Crippen molar-refractivity contribution < 1.29 is 0 Å². The fourth-order valence-corrected chi connectivity index (χ4v) is 1.56. The van der Waals surface area contributed by atoms with Crippen molar-refractivity contribution in [1.82, 2.24) is 14.8 Å². The maximum absolute atomic E-state index is 5.47. The van der Waals surface area contributed by atoms with E-state index in [2.05, 4.69) is 10.2 Å². The molecule has 0 unspecified atom stereocenters. The van der Waals surface area contributed by atoms with E-state index in [0.29, 0.717) is 17.2 Å². The van der Waals surface area contributed by atoms with Crippen LogP contribution in [0.2, 0.25) is 0 Å². The highest BCUT2D eigenvalue weighted by Gasteiger charge is 2.28. The lowest BCUT2D eigenvalue weighted by Gasteiger charge is -2.01. The molecular formula is C7H14Cl2N4S. The molecule has 2 rings (SSSR count). The highest BCUT2D eigenvalue weighted by Crippen LogP contribution is 2.38. The number of nitrogens with two attached hydrogens (primary N) is 1. The van der Waals surface area contributed by atoms with Gasteiger partial charge in [0.2, 0.25) is 0 Å². The molecule has 3 N–H and O–H groups in total. The van der Waals surface area contributed by atoms with Gasteiger partial charge in [-0.05, 0) is 25.1 Å². The molecule has 1 aromatic heterocycles. The number of nitrogens with one attached hydrogen (secondary N) is 1. The van der Waals surface area contributed by atoms with Gasteiger partial charge in [0.25, 0.3) is 0 Å². The monoisotopic (exact) mass is 256 g/mol. The van der Waals surface area contributed by atoms with Gasteiger partial charge in [-0.3, -0.25) is 5.10 Å². The molecular weight excluding hydrogens is 243 g/mol. The lowest BCUT2D eigenvalue weighted by molar-refractivity contribution is 0.656. The highest BCUT2D eigenvalue weighted by molar-refractivity contribution is 7.71. The second kappa shape index (κ2) is 5.70. The number of hydrogen-bond acceptors (Lipinski definition) is 3. The lowest BCUT2D eigenvalue weighted by Crippen LogP contribution is -2.12. The standard InChI is InChI=1S/C7H12N4S.2ClH/c8-3-4-11-6(5-1-2-5)9-10-7(11)12;;/h5H,1-4,8H2,(H,10,12);2*1H. The van der Waals surface area contributed by atoms with Gasteiger partial charge in [0.1, 0.15) is 5.82 Å². The van der Waals surface area contributed by atoms with Crippen molar-refractivity contribution in [2.45, 2.75) is 25.3 Å². The maximum Gasteiger partial charge on any atom is 0.195 e. The van der Waals surface area contributed by atoms with E-state index >= 15 is 0 Å². The Morgan fingerprint density at radius 2 is 2.14 bits per heavy atom. The first-order valence-electron chi connectivity index (χ1n) is 4.18. The molecule has 0 amide bonds. The largest absolute Gasteiger partial charge is 0.329 e. The van der Waals surface area contributed by atoms with Gasteiger partial charge in [-0.1, -0.05) is 0 Å². The Morgan fingerprint density at radius 3 is 2.64 bits per heavy atom. The van der Waals surface area contributed by atoms with Gasteiger partial charge in [0.05, 0.1) is 0 Å². The van der Waals surface area contributed by atoms with Crippen LogP contribution in [0.5, 0.6) is 0 Å². The molecule has 1 heterocycles. The van der Waals surface area contributed by atoms with Gasteiger partial charge in [-0.15, -0.1) is 24.8 Å². The zero-order chi connectivity index (χ0) is 8.55. The summed E-state index contributed by atoms with van der Waals surface area (Å²) >= 11 is 5.07. The first-order chi connectivity index (χ1) is 5.83. The number of rotatable bonds is 3. The highest BCUT2D eigenvalue weighted by atomic mass is 35.5. The average Bonchev–Trinajstić information content (AvgIpc) is 2.82. The van der Waals surface area contributed by atoms with Gasteiger partial charge in [0, 0.05) is 19.0 Å². The van der Waals surface area contributed by atoms with Crippen LogP contribution >= 0.6 is 37.0 Å². The van der Waals surface area contributed by atoms with Crippen LogP contribution in [0.1, 0.15) is 24.6 Å². The fraction of sp³-hybridized carbons (Fsp3) is 0.714. The molecule has 1 aliphatic rings. The van der Waals surface area contributed by atoms with E-state index < -0.39 is 0 Å². The van der Waals surface area contributed by atoms with Crippen LogP contribution in [0.15, 0.2) is 0 Å². The molecule has 0 spiro atoms. The maximum atomic E-state index is 5.47. The summed E-state index contributed by atoms with van der Waals surface area (Å²) in [7, 11) is 0. The Bertz CT molecular complexity index is 331. The summed E-state index contributed by atoms with van der Waals surface area (Å²) in [5.41, 5.74) is 5.47. The van der Waals surface area contributed by atoms with Crippen LogP contribution in [-0.2, 0) is 6.54 Å². The quantitative estimate of drug-likeness (QED) is 0.809. The molecule has 82 valence electrons. The second-order valence-corrected chi connectivity index (χ2v) is 3.49. The van der Waals surface area contributed by atoms with Crippen LogP contribution in [0.4, 0.5) is 0 Å². The zero-order valence-electron chi connectivity index (χ0n) is 7.60. The summed E-state index contributed by atoms with van der Waals surface area (Å²) in [5, 5.41) is 6.99. The van der Waals surface area contributed by atoms with Gasteiger partial charge in [0.15, 0.2) is 4.77 Å². The molecule has 7 heteroatoms. The van der Waals surface area contributed by atoms with E-state index in [1.54, 1.807) is 0 Å². The Kier molecular flexibility index (Phi) is 5.66. The number of halogens is 2. The molecule has 0 bridgehead atoms. The predicted molar refractivity (Wildman–Crippen MR) is 62.9 cm³/mol. The van der Waals surface area contributed by atoms with E-state index in [0.717, 1.165) is 12.4 Å². The summed E-state index contributed by atoms with van der Waals surface area (Å²) in [4.78, 5) is 0. The van der Waals surface area contributed by atoms with Crippen molar-refractivity contribution in [3.8, 4) is 0 Å². The Morgan fingerprint density at radius 1 is 1.50 bits per heavy atom. The van der Waals surface area contributed by atoms with E-state index in [-0.39, 0.29) is 24.8 Å². The number of nitrogens with zero attached hydrogens (tertiary/aromatic N) is 2. The SMILES string of the molecule is Cl.Cl.NCCn1c(C2CC2)n[nH]c1=S. The summed E-state index contributed by atoms with van der Waals surface area (Å²) < 4.78 is 2.70. The normalized spacial score (nSPS) is 14.4. The molecule has 0 radical (unpaired) electrons. The van der Waals surface area contributed by atoms with Crippen LogP contribution < -0.4 is 5.73 Å². The van der Waals surface area contributed by atoms with E-state index in [1.165, 1.54) is 12.8 Å². The Hall–Kier alpha value is -0.100. The minimum atomic E-state index is 0. The third-order valence-electron chi connectivity index (χ3n) is 2.08. The van der Waals surface area contributed by atoms with Crippen LogP contribution in [0.25, 0.3) is 0 Å². The van der Waals surface area contributed by atoms with E-state index in [1.807, 2.05) is 4.57 Å². The molecule has 0 aromatic carbocycles. The summed E-state index contributed by atoms with van der Waals surface area (Å²) in [6, 6.07) is 0. The minimum Gasteiger partial charge on any atom is -0.329 e. The molecule has 14 heavy (non-hydrogen) atoms. The van der Waals surface area contributed by atoms with Crippen LogP contribution in [0.3, 0.4) is 0 Å². The van der Waals surface area contributed by atoms with E-state index in [4.69, 9.17) is 18.0 Å². The first-order valence-corrected chi connectivity index (χ1v) is 4.59. The third-order valence-corrected chi connectivity index (χ3v) is 2.39. The lowest BCUT2D eigenvalue weighted by atomic mass is 10.4. The second-order valence-electron chi connectivity index (χ2n) is 3.10. The van der Waals surface area contributed by atoms with Crippen molar-refractivity contribution >= 4 is 37.0 Å². The van der Waals surface area contributed by atoms with Crippen LogP contribution in [-0.4, -0.2) is 21.3 Å². The van der Waals surface area contributed by atoms with Gasteiger partial charge in [-0.2, -0.15) is 5.10 Å². The number of hydrogen-bond donors (Lipinski definition) is 2. The minimum absolute atomic E-state index is 0. The predicted octanol–water partition coefficient (Wildman–Crippen LogP) is 1.62. The zero-order valence-corrected chi connectivity index (χ0v) is 10.1. The summed E-state index contributed by atoms with van der Waals surface area (Å²) in [5.74, 6) is 1.72. The van der Waals surface area contributed by atoms with Crippen LogP contribution in [0, 0.1) is 4.77 Å². The van der Waals surface area contributed by atoms with E-state index in [9.17, 15) is 0 Å². The Labute approximate surface area is 100 Å². The molecule has 1 aliphatic carbocycles. The van der Waals surface area contributed by atoms with Gasteiger partial charge in [-0.25, -0.2) is 0 Å². The molecule has 0 saturated heterocycles. The van der Waals surface area contributed by atoms with Crippen molar-refractivity contribution in [2.24, 2.45) is 5.73 Å². The molecule has 1 fully saturated rings. The molecule has 1 saturated carbocycles. The molecule has 4 nitrogen and oxygen atoms in total. The summed E-state index contributed by atoms with van der Waals surface area (Å²) in [6.45, 7) is 1.40. The molecule has 0 aliphatic heterocycles. The smallest absolute Gasteiger partial charge is 0.195 e. The van der Waals surface area contributed by atoms with Gasteiger partial charge < -0.3 is 10.3 Å². The molecule has 1 aromatic rings. The first kappa shape index (κ1) is 13.9. The number of H-pyrrole nitrogens is 1. The van der Waals surface area contributed by atoms with Crippen molar-refractivity contribution in [2.75, 3.05) is 6.54 Å². The topological polar surface area (TPSA) is 59.6 Å². The van der Waals surface area contributed by atoms with Gasteiger partial charge >= 0.3 is 0 Å². The Balaban J connectivity index is 0.000000845. The fourth-order valence-electron chi connectivity index (χ4n) is 1.33. The molecule has 0 atom stereocenters. The summed E-state index contributed by atoms with van der Waals surface area (Å²) in [6.07, 6.45) is 2.48. The van der Waals surface area contributed by atoms with Crippen molar-refractivity contribution in [1.29, 1.82) is 0 Å². The number of aromatic amines is 1. The third kappa shape index (κ3) is 2.70. The average molecular weight is 257 g/mol. The number of aromatic nitrogens is 3. The van der Waals surface area contributed by atoms with Crippen molar-refractivity contribution in [3.63, 3.8) is 0 Å².